The summed E-state index contributed by atoms with van der Waals surface area (Å²) in [6, 6.07) is 0. The smallest absolute Gasteiger partial charge is 0.220 e. The van der Waals surface area contributed by atoms with Gasteiger partial charge >= 0.3 is 0 Å². The number of hydrogen-bond acceptors (Lipinski definition) is 2. The molecule has 0 radical (unpaired) electrons. The Hall–Kier alpha value is -0.570. The third kappa shape index (κ3) is 6.39. The largest absolute Gasteiger partial charge is 0.396 e. The molecule has 1 rings (SSSR count). The Morgan fingerprint density at radius 2 is 1.83 bits per heavy atom. The maximum Gasteiger partial charge on any atom is 0.220 e. The number of aliphatic hydroxyl groups is 1. The second-order valence-corrected chi connectivity index (χ2v) is 6.48. The fourth-order valence-electron chi connectivity index (χ4n) is 2.63. The highest BCUT2D eigenvalue weighted by Gasteiger charge is 2.20. The fourth-order valence-corrected chi connectivity index (χ4v) is 2.63. The molecule has 1 amide bonds. The van der Waals surface area contributed by atoms with Crippen LogP contribution in [0.15, 0.2) is 0 Å². The lowest BCUT2D eigenvalue weighted by molar-refractivity contribution is -0.122. The van der Waals surface area contributed by atoms with Crippen molar-refractivity contribution in [1.29, 1.82) is 0 Å². The normalized spacial score (nSPS) is 18.4. The van der Waals surface area contributed by atoms with E-state index in [0.29, 0.717) is 18.9 Å². The summed E-state index contributed by atoms with van der Waals surface area (Å²) in [5.41, 5.74) is -0.00609. The Labute approximate surface area is 111 Å². The summed E-state index contributed by atoms with van der Waals surface area (Å²) in [7, 11) is 0. The van der Waals surface area contributed by atoms with Gasteiger partial charge in [0.05, 0.1) is 0 Å². The second kappa shape index (κ2) is 7.78. The molecule has 18 heavy (non-hydrogen) atoms. The molecular formula is C15H29NO2. The van der Waals surface area contributed by atoms with Crippen molar-refractivity contribution in [3.63, 3.8) is 0 Å². The number of carbonyl (C=O) groups is 1. The number of nitrogens with one attached hydrogen (secondary N) is 1. The van der Waals surface area contributed by atoms with Gasteiger partial charge in [-0.2, -0.15) is 0 Å². The van der Waals surface area contributed by atoms with Gasteiger partial charge in [-0.05, 0) is 30.6 Å². The molecular weight excluding hydrogens is 226 g/mol. The summed E-state index contributed by atoms with van der Waals surface area (Å²) < 4.78 is 0. The first kappa shape index (κ1) is 15.5. The predicted octanol–water partition coefficient (Wildman–Crippen LogP) is 2.87. The highest BCUT2D eigenvalue weighted by atomic mass is 16.3. The van der Waals surface area contributed by atoms with Crippen LogP contribution in [0.2, 0.25) is 0 Å². The average molecular weight is 255 g/mol. The van der Waals surface area contributed by atoms with E-state index < -0.39 is 0 Å². The molecule has 0 unspecified atom stereocenters. The average Bonchev–Trinajstić information content (AvgIpc) is 2.55. The molecule has 1 fully saturated rings. The van der Waals surface area contributed by atoms with Crippen molar-refractivity contribution in [2.45, 2.75) is 65.2 Å². The van der Waals surface area contributed by atoms with E-state index in [-0.39, 0.29) is 17.9 Å². The molecule has 1 aliphatic rings. The summed E-state index contributed by atoms with van der Waals surface area (Å²) in [5, 5.41) is 12.0. The SMILES string of the molecule is CC(C)(CCO)CNC(=O)CC1CCCCCC1. The van der Waals surface area contributed by atoms with Gasteiger partial charge in [0.2, 0.25) is 5.91 Å². The third-order valence-corrected chi connectivity index (χ3v) is 4.00. The zero-order valence-electron chi connectivity index (χ0n) is 12.0. The van der Waals surface area contributed by atoms with Crippen LogP contribution in [0.25, 0.3) is 0 Å². The van der Waals surface area contributed by atoms with E-state index >= 15 is 0 Å². The zero-order chi connectivity index (χ0) is 13.4. The third-order valence-electron chi connectivity index (χ3n) is 4.00. The van der Waals surface area contributed by atoms with Crippen molar-refractivity contribution in [3.05, 3.63) is 0 Å². The van der Waals surface area contributed by atoms with Gasteiger partial charge < -0.3 is 10.4 Å². The van der Waals surface area contributed by atoms with E-state index in [9.17, 15) is 4.79 Å². The van der Waals surface area contributed by atoms with Gasteiger partial charge in [0.1, 0.15) is 0 Å². The zero-order valence-corrected chi connectivity index (χ0v) is 12.0. The molecule has 1 saturated carbocycles. The van der Waals surface area contributed by atoms with Crippen LogP contribution in [0.3, 0.4) is 0 Å². The Kier molecular flexibility index (Phi) is 6.69. The maximum absolute atomic E-state index is 11.9. The van der Waals surface area contributed by atoms with Crippen LogP contribution in [-0.2, 0) is 4.79 Å². The van der Waals surface area contributed by atoms with Crippen molar-refractivity contribution in [3.8, 4) is 0 Å². The van der Waals surface area contributed by atoms with Crippen molar-refractivity contribution in [2.75, 3.05) is 13.2 Å². The minimum absolute atomic E-state index is 0.00609. The summed E-state index contributed by atoms with van der Waals surface area (Å²) in [6.45, 7) is 5.01. The predicted molar refractivity (Wildman–Crippen MR) is 74.3 cm³/mol. The van der Waals surface area contributed by atoms with Gasteiger partial charge in [-0.15, -0.1) is 0 Å². The van der Waals surface area contributed by atoms with Crippen molar-refractivity contribution >= 4 is 5.91 Å². The van der Waals surface area contributed by atoms with E-state index in [0.717, 1.165) is 6.42 Å². The van der Waals surface area contributed by atoms with E-state index in [1.165, 1.54) is 38.5 Å². The number of amides is 1. The first-order chi connectivity index (χ1) is 8.53. The highest BCUT2D eigenvalue weighted by molar-refractivity contribution is 5.76. The van der Waals surface area contributed by atoms with Gasteiger partial charge in [-0.25, -0.2) is 0 Å². The lowest BCUT2D eigenvalue weighted by Crippen LogP contribution is -2.35. The lowest BCUT2D eigenvalue weighted by Gasteiger charge is -2.24. The molecule has 3 heteroatoms. The molecule has 0 bridgehead atoms. The minimum atomic E-state index is -0.00609. The van der Waals surface area contributed by atoms with Gasteiger partial charge in [-0.3, -0.25) is 4.79 Å². The van der Waals surface area contributed by atoms with E-state index in [1.54, 1.807) is 0 Å². The van der Waals surface area contributed by atoms with Gasteiger partial charge in [0.15, 0.2) is 0 Å². The quantitative estimate of drug-likeness (QED) is 0.717. The Morgan fingerprint density at radius 3 is 2.39 bits per heavy atom. The molecule has 2 N–H and O–H groups in total. The Bertz CT molecular complexity index is 243. The van der Waals surface area contributed by atoms with E-state index in [2.05, 4.69) is 19.2 Å². The number of aliphatic hydroxyl groups excluding tert-OH is 1. The number of hydrogen-bond donors (Lipinski definition) is 2. The van der Waals surface area contributed by atoms with Crippen molar-refractivity contribution in [2.24, 2.45) is 11.3 Å². The van der Waals surface area contributed by atoms with Crippen LogP contribution in [0.1, 0.15) is 65.2 Å². The molecule has 0 heterocycles. The summed E-state index contributed by atoms with van der Waals surface area (Å²) >= 11 is 0. The van der Waals surface area contributed by atoms with E-state index in [1.807, 2.05) is 0 Å². The van der Waals surface area contributed by atoms with Crippen LogP contribution >= 0.6 is 0 Å². The molecule has 0 spiro atoms. The second-order valence-electron chi connectivity index (χ2n) is 6.48. The summed E-state index contributed by atoms with van der Waals surface area (Å²) in [5.74, 6) is 0.779. The van der Waals surface area contributed by atoms with Crippen LogP contribution < -0.4 is 5.32 Å². The number of carbonyl (C=O) groups excluding carboxylic acids is 1. The highest BCUT2D eigenvalue weighted by Crippen LogP contribution is 2.25. The van der Waals surface area contributed by atoms with Gasteiger partial charge in [0, 0.05) is 19.6 Å². The van der Waals surface area contributed by atoms with Gasteiger partial charge in [0.25, 0.3) is 0 Å². The molecule has 0 atom stereocenters. The summed E-state index contributed by atoms with van der Waals surface area (Å²) in [6.07, 6.45) is 9.10. The molecule has 0 aromatic rings. The molecule has 0 aromatic carbocycles. The topological polar surface area (TPSA) is 49.3 Å². The van der Waals surface area contributed by atoms with Gasteiger partial charge in [-0.1, -0.05) is 39.5 Å². The minimum Gasteiger partial charge on any atom is -0.396 e. The first-order valence-corrected chi connectivity index (χ1v) is 7.41. The van der Waals surface area contributed by atoms with Crippen molar-refractivity contribution in [1.82, 2.24) is 5.32 Å². The monoisotopic (exact) mass is 255 g/mol. The van der Waals surface area contributed by atoms with Crippen LogP contribution in [0, 0.1) is 11.3 Å². The molecule has 0 aliphatic heterocycles. The summed E-state index contributed by atoms with van der Waals surface area (Å²) in [4.78, 5) is 11.9. The first-order valence-electron chi connectivity index (χ1n) is 7.41. The van der Waals surface area contributed by atoms with E-state index in [4.69, 9.17) is 5.11 Å². The van der Waals surface area contributed by atoms with Crippen LogP contribution in [0.5, 0.6) is 0 Å². The Morgan fingerprint density at radius 1 is 1.22 bits per heavy atom. The van der Waals surface area contributed by atoms with Crippen LogP contribution in [0.4, 0.5) is 0 Å². The molecule has 3 nitrogen and oxygen atoms in total. The van der Waals surface area contributed by atoms with Crippen molar-refractivity contribution < 1.29 is 9.90 Å². The molecule has 106 valence electrons. The molecule has 0 saturated heterocycles. The lowest BCUT2D eigenvalue weighted by atomic mass is 9.89. The molecule has 1 aliphatic carbocycles. The molecule has 0 aromatic heterocycles. The number of rotatable bonds is 6. The Balaban J connectivity index is 2.24. The van der Waals surface area contributed by atoms with Crippen LogP contribution in [-0.4, -0.2) is 24.2 Å². The maximum atomic E-state index is 11.9. The standard InChI is InChI=1S/C15H29NO2/c1-15(2,9-10-17)12-16-14(18)11-13-7-5-3-4-6-8-13/h13,17H,3-12H2,1-2H3,(H,16,18). The fraction of sp³-hybridized carbons (Fsp3) is 0.933.